The van der Waals surface area contributed by atoms with Crippen LogP contribution < -0.4 is 5.32 Å². The molecule has 0 aromatic carbocycles. The van der Waals surface area contributed by atoms with E-state index in [1.54, 1.807) is 13.8 Å². The molecule has 1 heterocycles. The molecular weight excluding hydrogens is 220 g/mol. The van der Waals surface area contributed by atoms with Crippen LogP contribution in [0.1, 0.15) is 39.5 Å². The highest BCUT2D eigenvalue weighted by Crippen LogP contribution is 2.26. The number of hydrogen-bond donors (Lipinski definition) is 1. The van der Waals surface area contributed by atoms with Crippen LogP contribution in [0.4, 0.5) is 4.79 Å². The molecule has 2 aliphatic rings. The Morgan fingerprint density at radius 1 is 1.35 bits per heavy atom. The van der Waals surface area contributed by atoms with Gasteiger partial charge in [-0.15, -0.1) is 0 Å². The molecule has 2 fully saturated rings. The molecule has 1 aliphatic heterocycles. The van der Waals surface area contributed by atoms with E-state index >= 15 is 0 Å². The summed E-state index contributed by atoms with van der Waals surface area (Å²) in [7, 11) is 0. The molecule has 0 spiro atoms. The highest BCUT2D eigenvalue weighted by atomic mass is 16.2. The summed E-state index contributed by atoms with van der Waals surface area (Å²) in [5.74, 6) is -0.253. The Balaban J connectivity index is 2.01. The summed E-state index contributed by atoms with van der Waals surface area (Å²) in [6, 6.07) is -0.452. The molecule has 0 aromatic heterocycles. The largest absolute Gasteiger partial charge is 0.325 e. The topological polar surface area (TPSA) is 66.5 Å². The number of carbonyl (C=O) groups excluding carboxylic acids is 3. The fourth-order valence-corrected chi connectivity index (χ4v) is 2.49. The molecule has 1 aliphatic carbocycles. The zero-order valence-electron chi connectivity index (χ0n) is 10.3. The molecule has 94 valence electrons. The zero-order valence-corrected chi connectivity index (χ0v) is 10.3. The quantitative estimate of drug-likeness (QED) is 0.748. The fourth-order valence-electron chi connectivity index (χ4n) is 2.49. The second kappa shape index (κ2) is 4.13. The second-order valence-corrected chi connectivity index (χ2v) is 5.39. The molecule has 0 aromatic rings. The van der Waals surface area contributed by atoms with Gasteiger partial charge in [0.25, 0.3) is 5.91 Å². The molecule has 1 saturated carbocycles. The molecule has 0 radical (unpaired) electrons. The third-order valence-corrected chi connectivity index (χ3v) is 3.57. The van der Waals surface area contributed by atoms with Gasteiger partial charge < -0.3 is 5.32 Å². The molecule has 2 rings (SSSR count). The highest BCUT2D eigenvalue weighted by Gasteiger charge is 2.45. The Hall–Kier alpha value is -1.39. The number of nitrogens with zero attached hydrogens (tertiary/aromatic N) is 1. The molecule has 1 N–H and O–H groups in total. The van der Waals surface area contributed by atoms with Crippen LogP contribution in [0.3, 0.4) is 0 Å². The lowest BCUT2D eigenvalue weighted by atomic mass is 10.0. The number of rotatable bonds is 3. The van der Waals surface area contributed by atoms with E-state index in [0.717, 1.165) is 30.6 Å². The maximum absolute atomic E-state index is 11.9. The van der Waals surface area contributed by atoms with Gasteiger partial charge in [-0.3, -0.25) is 14.5 Å². The Morgan fingerprint density at radius 3 is 2.41 bits per heavy atom. The standard InChI is InChI=1S/C12H18N2O3/c1-12(2)10(16)14(11(17)13-12)7-9(15)8-5-3-4-6-8/h8H,3-7H2,1-2H3,(H,13,17). The average molecular weight is 238 g/mol. The van der Waals surface area contributed by atoms with Crippen LogP contribution in [-0.4, -0.2) is 34.7 Å². The van der Waals surface area contributed by atoms with E-state index < -0.39 is 11.6 Å². The SMILES string of the molecule is CC1(C)NC(=O)N(CC(=O)C2CCCC2)C1=O. The number of carbonyl (C=O) groups is 3. The summed E-state index contributed by atoms with van der Waals surface area (Å²) < 4.78 is 0. The van der Waals surface area contributed by atoms with E-state index in [-0.39, 0.29) is 24.2 Å². The zero-order chi connectivity index (χ0) is 12.6. The maximum atomic E-state index is 11.9. The van der Waals surface area contributed by atoms with E-state index in [1.165, 1.54) is 0 Å². The first-order valence-corrected chi connectivity index (χ1v) is 6.08. The first-order valence-electron chi connectivity index (χ1n) is 6.08. The van der Waals surface area contributed by atoms with Gasteiger partial charge in [0.2, 0.25) is 0 Å². The van der Waals surface area contributed by atoms with Crippen molar-refractivity contribution >= 4 is 17.7 Å². The van der Waals surface area contributed by atoms with Gasteiger partial charge in [0.15, 0.2) is 5.78 Å². The van der Waals surface area contributed by atoms with Gasteiger partial charge in [-0.2, -0.15) is 0 Å². The maximum Gasteiger partial charge on any atom is 0.325 e. The summed E-state index contributed by atoms with van der Waals surface area (Å²) >= 11 is 0. The monoisotopic (exact) mass is 238 g/mol. The minimum atomic E-state index is -0.882. The van der Waals surface area contributed by atoms with Crippen molar-refractivity contribution in [3.8, 4) is 0 Å². The number of imide groups is 1. The number of ketones is 1. The molecule has 5 nitrogen and oxygen atoms in total. The van der Waals surface area contributed by atoms with Crippen LogP contribution in [0.25, 0.3) is 0 Å². The lowest BCUT2D eigenvalue weighted by Crippen LogP contribution is -2.41. The van der Waals surface area contributed by atoms with Gasteiger partial charge in [0.1, 0.15) is 5.54 Å². The first kappa shape index (κ1) is 12.1. The van der Waals surface area contributed by atoms with Crippen molar-refractivity contribution in [2.75, 3.05) is 6.54 Å². The first-order chi connectivity index (χ1) is 7.92. The van der Waals surface area contributed by atoms with Gasteiger partial charge in [0.05, 0.1) is 6.54 Å². The number of Topliss-reactive ketones (excluding diaryl/α,β-unsaturated/α-hetero) is 1. The predicted octanol–water partition coefficient (Wildman–Crippen LogP) is 1.08. The van der Waals surface area contributed by atoms with Gasteiger partial charge >= 0.3 is 6.03 Å². The van der Waals surface area contributed by atoms with Crippen molar-refractivity contribution in [3.63, 3.8) is 0 Å². The third kappa shape index (κ3) is 2.18. The van der Waals surface area contributed by atoms with Crippen molar-refractivity contribution in [1.82, 2.24) is 10.2 Å². The normalized spacial score (nSPS) is 24.2. The van der Waals surface area contributed by atoms with Crippen LogP contribution in [0.5, 0.6) is 0 Å². The van der Waals surface area contributed by atoms with Crippen molar-refractivity contribution in [1.29, 1.82) is 0 Å². The molecule has 0 unspecified atom stereocenters. The highest BCUT2D eigenvalue weighted by molar-refractivity contribution is 6.08. The van der Waals surface area contributed by atoms with E-state index in [2.05, 4.69) is 5.32 Å². The number of urea groups is 1. The Kier molecular flexibility index (Phi) is 2.93. The minimum absolute atomic E-state index is 0.0173. The third-order valence-electron chi connectivity index (χ3n) is 3.57. The van der Waals surface area contributed by atoms with Crippen molar-refractivity contribution < 1.29 is 14.4 Å². The van der Waals surface area contributed by atoms with E-state index in [0.29, 0.717) is 0 Å². The predicted molar refractivity (Wildman–Crippen MR) is 61.3 cm³/mol. The summed E-state index contributed by atoms with van der Waals surface area (Å²) in [5.41, 5.74) is -0.882. The van der Waals surface area contributed by atoms with E-state index in [1.807, 2.05) is 0 Å². The molecular formula is C12H18N2O3. The van der Waals surface area contributed by atoms with Crippen LogP contribution in [0.15, 0.2) is 0 Å². The minimum Gasteiger partial charge on any atom is -0.324 e. The lowest BCUT2D eigenvalue weighted by molar-refractivity contribution is -0.134. The van der Waals surface area contributed by atoms with Crippen LogP contribution in [0.2, 0.25) is 0 Å². The fraction of sp³-hybridized carbons (Fsp3) is 0.750. The van der Waals surface area contributed by atoms with Gasteiger partial charge in [-0.1, -0.05) is 12.8 Å². The second-order valence-electron chi connectivity index (χ2n) is 5.39. The summed E-state index contributed by atoms with van der Waals surface area (Å²) in [4.78, 5) is 36.4. The van der Waals surface area contributed by atoms with Crippen molar-refractivity contribution in [3.05, 3.63) is 0 Å². The van der Waals surface area contributed by atoms with Crippen molar-refractivity contribution in [2.24, 2.45) is 5.92 Å². The average Bonchev–Trinajstić information content (AvgIpc) is 2.81. The van der Waals surface area contributed by atoms with Crippen LogP contribution >= 0.6 is 0 Å². The van der Waals surface area contributed by atoms with E-state index in [4.69, 9.17) is 0 Å². The molecule has 1 saturated heterocycles. The van der Waals surface area contributed by atoms with Gasteiger partial charge in [-0.25, -0.2) is 4.79 Å². The van der Waals surface area contributed by atoms with Gasteiger partial charge in [-0.05, 0) is 26.7 Å². The molecule has 5 heteroatoms. The summed E-state index contributed by atoms with van der Waals surface area (Å²) in [6.07, 6.45) is 3.93. The number of hydrogen-bond acceptors (Lipinski definition) is 3. The smallest absolute Gasteiger partial charge is 0.324 e. The molecule has 0 bridgehead atoms. The van der Waals surface area contributed by atoms with Crippen molar-refractivity contribution in [2.45, 2.75) is 45.1 Å². The number of amides is 3. The number of nitrogens with one attached hydrogen (secondary N) is 1. The summed E-state index contributed by atoms with van der Waals surface area (Å²) in [5, 5.41) is 2.57. The van der Waals surface area contributed by atoms with Crippen LogP contribution in [0, 0.1) is 5.92 Å². The van der Waals surface area contributed by atoms with E-state index in [9.17, 15) is 14.4 Å². The Labute approximate surface area is 101 Å². The lowest BCUT2D eigenvalue weighted by Gasteiger charge is -2.16. The Morgan fingerprint density at radius 2 is 1.94 bits per heavy atom. The molecule has 0 atom stereocenters. The summed E-state index contributed by atoms with van der Waals surface area (Å²) in [6.45, 7) is 3.22. The molecule has 17 heavy (non-hydrogen) atoms. The van der Waals surface area contributed by atoms with Gasteiger partial charge in [0, 0.05) is 5.92 Å². The van der Waals surface area contributed by atoms with Crippen LogP contribution in [-0.2, 0) is 9.59 Å². The molecule has 3 amide bonds. The Bertz CT molecular complexity index is 370.